The van der Waals surface area contributed by atoms with Gasteiger partial charge in [0.15, 0.2) is 0 Å². The Hall–Kier alpha value is -1.14. The van der Waals surface area contributed by atoms with Gasteiger partial charge in [-0.1, -0.05) is 0 Å². The molecule has 0 saturated carbocycles. The summed E-state index contributed by atoms with van der Waals surface area (Å²) in [6.45, 7) is 4.36. The molecule has 0 heterocycles. The van der Waals surface area contributed by atoms with E-state index in [2.05, 4.69) is 5.32 Å². The lowest BCUT2D eigenvalue weighted by atomic mass is 10.0. The second-order valence-electron chi connectivity index (χ2n) is 4.63. The molecule has 1 amide bonds. The zero-order valence-corrected chi connectivity index (χ0v) is 10.3. The highest BCUT2D eigenvalue weighted by molar-refractivity contribution is 5.85. The smallest absolute Gasteiger partial charge is 0.305 e. The highest BCUT2D eigenvalue weighted by atomic mass is 16.4. The van der Waals surface area contributed by atoms with Crippen LogP contribution in [0.5, 0.6) is 0 Å². The number of nitrogens with two attached hydrogens (primary N) is 1. The van der Waals surface area contributed by atoms with Gasteiger partial charge in [0.1, 0.15) is 0 Å². The van der Waals surface area contributed by atoms with E-state index in [1.807, 2.05) is 32.8 Å². The van der Waals surface area contributed by atoms with Crippen LogP contribution in [0.1, 0.15) is 20.3 Å². The van der Waals surface area contributed by atoms with Gasteiger partial charge in [-0.25, -0.2) is 0 Å². The highest BCUT2D eigenvalue weighted by Crippen LogP contribution is 2.07. The first-order valence-electron chi connectivity index (χ1n) is 5.09. The number of carbonyl (C=O) groups is 2. The second kappa shape index (κ2) is 5.81. The van der Waals surface area contributed by atoms with E-state index in [4.69, 9.17) is 10.8 Å². The number of nitrogens with one attached hydrogen (secondary N) is 1. The Bertz CT molecular complexity index is 264. The molecule has 6 nitrogen and oxygen atoms in total. The van der Waals surface area contributed by atoms with Gasteiger partial charge in [0.2, 0.25) is 5.91 Å². The van der Waals surface area contributed by atoms with Crippen LogP contribution >= 0.6 is 0 Å². The lowest BCUT2D eigenvalue weighted by molar-refractivity contribution is -0.139. The van der Waals surface area contributed by atoms with Crippen molar-refractivity contribution >= 4 is 11.9 Å². The largest absolute Gasteiger partial charge is 0.481 e. The maximum absolute atomic E-state index is 11.4. The van der Waals surface area contributed by atoms with Gasteiger partial charge >= 0.3 is 5.97 Å². The first kappa shape index (κ1) is 14.9. The Labute approximate surface area is 95.8 Å². The monoisotopic (exact) mass is 231 g/mol. The average molecular weight is 231 g/mol. The van der Waals surface area contributed by atoms with Crippen molar-refractivity contribution in [2.45, 2.75) is 31.8 Å². The second-order valence-corrected chi connectivity index (χ2v) is 4.63. The quantitative estimate of drug-likeness (QED) is 0.558. The summed E-state index contributed by atoms with van der Waals surface area (Å²) in [7, 11) is 3.81. The number of carboxylic acid groups (broad SMARTS) is 1. The van der Waals surface area contributed by atoms with Crippen LogP contribution in [-0.2, 0) is 9.59 Å². The molecule has 0 rings (SSSR count). The predicted octanol–water partition coefficient (Wildman–Crippen LogP) is -0.755. The number of amides is 1. The van der Waals surface area contributed by atoms with Gasteiger partial charge in [-0.2, -0.15) is 0 Å². The van der Waals surface area contributed by atoms with Gasteiger partial charge in [-0.3, -0.25) is 9.59 Å². The number of hydrogen-bond donors (Lipinski definition) is 3. The summed E-state index contributed by atoms with van der Waals surface area (Å²) in [5.41, 5.74) is 5.22. The van der Waals surface area contributed by atoms with E-state index in [0.29, 0.717) is 6.54 Å². The summed E-state index contributed by atoms with van der Waals surface area (Å²) in [4.78, 5) is 23.8. The van der Waals surface area contributed by atoms with E-state index in [1.54, 1.807) is 0 Å². The predicted molar refractivity (Wildman–Crippen MR) is 61.0 cm³/mol. The van der Waals surface area contributed by atoms with E-state index in [0.717, 1.165) is 0 Å². The Balaban J connectivity index is 4.12. The first-order chi connectivity index (χ1) is 7.16. The third kappa shape index (κ3) is 5.09. The number of likely N-dealkylation sites (N-methyl/N-ethyl adjacent to an activating group) is 1. The topological polar surface area (TPSA) is 95.7 Å². The minimum Gasteiger partial charge on any atom is -0.481 e. The number of hydrogen-bond acceptors (Lipinski definition) is 4. The molecule has 0 fully saturated rings. The van der Waals surface area contributed by atoms with E-state index >= 15 is 0 Å². The molecular formula is C10H21N3O3. The lowest BCUT2D eigenvalue weighted by Crippen LogP contribution is -2.51. The minimum absolute atomic E-state index is 0.196. The molecule has 0 aromatic heterocycles. The fourth-order valence-electron chi connectivity index (χ4n) is 0.873. The minimum atomic E-state index is -1.07. The normalized spacial score (nSPS) is 13.6. The van der Waals surface area contributed by atoms with Crippen molar-refractivity contribution in [3.63, 3.8) is 0 Å². The fraction of sp³-hybridized carbons (Fsp3) is 0.800. The number of nitrogens with zero attached hydrogens (tertiary/aromatic N) is 1. The summed E-state index contributed by atoms with van der Waals surface area (Å²) < 4.78 is 0. The summed E-state index contributed by atoms with van der Waals surface area (Å²) in [6.07, 6.45) is -0.353. The maximum atomic E-state index is 11.4. The number of carboxylic acids is 1. The van der Waals surface area contributed by atoms with Gasteiger partial charge in [0.05, 0.1) is 12.5 Å². The van der Waals surface area contributed by atoms with Crippen molar-refractivity contribution in [1.29, 1.82) is 0 Å². The molecule has 0 aliphatic rings. The standard InChI is InChI=1S/C10H21N3O3/c1-10(2,13(3)4)6-12-9(16)7(11)5-8(14)15/h7H,5-6,11H2,1-4H3,(H,12,16)(H,14,15). The molecule has 1 atom stereocenters. The van der Waals surface area contributed by atoms with Crippen molar-refractivity contribution in [3.05, 3.63) is 0 Å². The highest BCUT2D eigenvalue weighted by Gasteiger charge is 2.23. The van der Waals surface area contributed by atoms with E-state index < -0.39 is 17.9 Å². The Morgan fingerprint density at radius 3 is 2.31 bits per heavy atom. The molecule has 0 aromatic rings. The average Bonchev–Trinajstić information content (AvgIpc) is 2.12. The van der Waals surface area contributed by atoms with Gasteiger partial charge in [-0.05, 0) is 27.9 Å². The third-order valence-electron chi connectivity index (χ3n) is 2.64. The number of aliphatic carboxylic acids is 1. The summed E-state index contributed by atoms with van der Waals surface area (Å²) in [5, 5.41) is 11.1. The van der Waals surface area contributed by atoms with Crippen molar-refractivity contribution in [2.24, 2.45) is 5.73 Å². The van der Waals surface area contributed by atoms with E-state index in [-0.39, 0.29) is 12.0 Å². The maximum Gasteiger partial charge on any atom is 0.305 e. The van der Waals surface area contributed by atoms with Gasteiger partial charge in [-0.15, -0.1) is 0 Å². The molecule has 4 N–H and O–H groups in total. The van der Waals surface area contributed by atoms with Crippen LogP contribution in [0.4, 0.5) is 0 Å². The Morgan fingerprint density at radius 1 is 1.44 bits per heavy atom. The van der Waals surface area contributed by atoms with Gasteiger partial charge in [0.25, 0.3) is 0 Å². The van der Waals surface area contributed by atoms with Crippen LogP contribution in [-0.4, -0.2) is 54.1 Å². The number of rotatable bonds is 6. The molecule has 0 bridgehead atoms. The van der Waals surface area contributed by atoms with E-state index in [1.165, 1.54) is 0 Å². The summed E-state index contributed by atoms with van der Waals surface area (Å²) in [5.74, 6) is -1.51. The van der Waals surface area contributed by atoms with Crippen molar-refractivity contribution in [1.82, 2.24) is 10.2 Å². The molecular weight excluding hydrogens is 210 g/mol. The molecule has 94 valence electrons. The Morgan fingerprint density at radius 2 is 1.94 bits per heavy atom. The zero-order chi connectivity index (χ0) is 12.9. The first-order valence-corrected chi connectivity index (χ1v) is 5.09. The van der Waals surface area contributed by atoms with Crippen LogP contribution in [0.3, 0.4) is 0 Å². The molecule has 0 aromatic carbocycles. The van der Waals surface area contributed by atoms with Gasteiger partial charge in [0, 0.05) is 12.1 Å². The molecule has 1 unspecified atom stereocenters. The summed E-state index contributed by atoms with van der Waals surface area (Å²) in [6, 6.07) is -0.990. The van der Waals surface area contributed by atoms with Crippen LogP contribution in [0.25, 0.3) is 0 Å². The van der Waals surface area contributed by atoms with E-state index in [9.17, 15) is 9.59 Å². The lowest BCUT2D eigenvalue weighted by Gasteiger charge is -2.32. The fourth-order valence-corrected chi connectivity index (χ4v) is 0.873. The molecule has 0 spiro atoms. The van der Waals surface area contributed by atoms with Crippen molar-refractivity contribution in [2.75, 3.05) is 20.6 Å². The van der Waals surface area contributed by atoms with Crippen molar-refractivity contribution < 1.29 is 14.7 Å². The molecule has 6 heteroatoms. The third-order valence-corrected chi connectivity index (χ3v) is 2.64. The van der Waals surface area contributed by atoms with Gasteiger partial charge < -0.3 is 21.1 Å². The zero-order valence-electron chi connectivity index (χ0n) is 10.3. The Kier molecular flexibility index (Phi) is 5.40. The SMILES string of the molecule is CN(C)C(C)(C)CNC(=O)C(N)CC(=O)O. The van der Waals surface area contributed by atoms with Crippen LogP contribution in [0.15, 0.2) is 0 Å². The molecule has 0 radical (unpaired) electrons. The van der Waals surface area contributed by atoms with Crippen LogP contribution in [0.2, 0.25) is 0 Å². The van der Waals surface area contributed by atoms with Crippen LogP contribution < -0.4 is 11.1 Å². The molecule has 0 aliphatic carbocycles. The van der Waals surface area contributed by atoms with Crippen molar-refractivity contribution in [3.8, 4) is 0 Å². The number of carbonyl (C=O) groups excluding carboxylic acids is 1. The summed E-state index contributed by atoms with van der Waals surface area (Å²) >= 11 is 0. The van der Waals surface area contributed by atoms with Crippen LogP contribution in [0, 0.1) is 0 Å². The molecule has 16 heavy (non-hydrogen) atoms. The molecule has 0 aliphatic heterocycles. The molecule has 0 saturated heterocycles.